The summed E-state index contributed by atoms with van der Waals surface area (Å²) in [6.45, 7) is 5.11. The molecule has 2 rings (SSSR count). The Bertz CT molecular complexity index is 307. The van der Waals surface area contributed by atoms with Crippen molar-refractivity contribution in [3.8, 4) is 0 Å². The molecule has 6 heteroatoms. The summed E-state index contributed by atoms with van der Waals surface area (Å²) in [5.41, 5.74) is 0. The van der Waals surface area contributed by atoms with Crippen LogP contribution in [0.15, 0.2) is 0 Å². The lowest BCUT2D eigenvalue weighted by Crippen LogP contribution is -2.53. The van der Waals surface area contributed by atoms with Crippen LogP contribution in [0.5, 0.6) is 0 Å². The van der Waals surface area contributed by atoms with Crippen molar-refractivity contribution in [2.75, 3.05) is 38.5 Å². The standard InChI is InChI=1S/C14H25N3S3/c18-12-11-17(13(19)15-7-3-1-4-8-15)14(20)16-9-5-2-6-10-16/h18H,1-12H2. The highest BCUT2D eigenvalue weighted by molar-refractivity contribution is 7.81. The summed E-state index contributed by atoms with van der Waals surface area (Å²) in [5.74, 6) is 0.780. The molecular weight excluding hydrogens is 306 g/mol. The van der Waals surface area contributed by atoms with Crippen LogP contribution in [0.3, 0.4) is 0 Å². The van der Waals surface area contributed by atoms with Gasteiger partial charge in [0.2, 0.25) is 0 Å². The summed E-state index contributed by atoms with van der Waals surface area (Å²) in [7, 11) is 0. The van der Waals surface area contributed by atoms with Crippen LogP contribution in [-0.4, -0.2) is 63.4 Å². The Morgan fingerprint density at radius 2 is 1.20 bits per heavy atom. The molecule has 2 saturated heterocycles. The minimum Gasteiger partial charge on any atom is -0.349 e. The van der Waals surface area contributed by atoms with Crippen molar-refractivity contribution in [2.45, 2.75) is 38.5 Å². The number of rotatable bonds is 2. The fourth-order valence-corrected chi connectivity index (χ4v) is 3.86. The number of hydrogen-bond acceptors (Lipinski definition) is 3. The molecule has 0 atom stereocenters. The molecule has 0 amide bonds. The largest absolute Gasteiger partial charge is 0.349 e. The quantitative estimate of drug-likeness (QED) is 0.614. The Hall–Kier alpha value is -0.0700. The summed E-state index contributed by atoms with van der Waals surface area (Å²) in [6, 6.07) is 0. The Balaban J connectivity index is 2.00. The van der Waals surface area contributed by atoms with Crippen LogP contribution >= 0.6 is 37.1 Å². The molecule has 114 valence electrons. The molecule has 0 aromatic rings. The van der Waals surface area contributed by atoms with Crippen molar-refractivity contribution in [3.63, 3.8) is 0 Å². The molecule has 0 aliphatic carbocycles. The van der Waals surface area contributed by atoms with E-state index in [4.69, 9.17) is 24.4 Å². The molecule has 20 heavy (non-hydrogen) atoms. The number of nitrogens with zero attached hydrogens (tertiary/aromatic N) is 3. The molecule has 0 saturated carbocycles. The third-order valence-corrected chi connectivity index (χ3v) is 5.20. The zero-order valence-electron chi connectivity index (χ0n) is 12.1. The van der Waals surface area contributed by atoms with Crippen LogP contribution in [0.2, 0.25) is 0 Å². The molecule has 2 aliphatic rings. The normalized spacial score (nSPS) is 19.9. The van der Waals surface area contributed by atoms with Gasteiger partial charge in [-0.3, -0.25) is 4.90 Å². The Morgan fingerprint density at radius 1 is 0.800 bits per heavy atom. The van der Waals surface area contributed by atoms with E-state index in [2.05, 4.69) is 27.3 Å². The molecule has 0 spiro atoms. The first-order valence-electron chi connectivity index (χ1n) is 7.70. The summed E-state index contributed by atoms with van der Waals surface area (Å²) in [6.07, 6.45) is 7.61. The van der Waals surface area contributed by atoms with Gasteiger partial charge in [0.25, 0.3) is 0 Å². The van der Waals surface area contributed by atoms with E-state index in [0.29, 0.717) is 0 Å². The van der Waals surface area contributed by atoms with Gasteiger partial charge in [0.1, 0.15) is 0 Å². The molecule has 0 unspecified atom stereocenters. The van der Waals surface area contributed by atoms with Crippen molar-refractivity contribution in [3.05, 3.63) is 0 Å². The topological polar surface area (TPSA) is 9.72 Å². The maximum atomic E-state index is 5.71. The van der Waals surface area contributed by atoms with Gasteiger partial charge in [-0.25, -0.2) is 0 Å². The van der Waals surface area contributed by atoms with E-state index >= 15 is 0 Å². The molecular formula is C14H25N3S3. The van der Waals surface area contributed by atoms with E-state index in [1.54, 1.807) is 0 Å². The minimum atomic E-state index is 0.780. The van der Waals surface area contributed by atoms with Gasteiger partial charge in [0.15, 0.2) is 10.2 Å². The van der Waals surface area contributed by atoms with Gasteiger partial charge in [-0.05, 0) is 63.0 Å². The van der Waals surface area contributed by atoms with E-state index in [1.807, 2.05) is 0 Å². The van der Waals surface area contributed by atoms with E-state index in [1.165, 1.54) is 38.5 Å². The number of piperidine rings is 2. The first-order chi connectivity index (χ1) is 9.74. The monoisotopic (exact) mass is 331 g/mol. The maximum absolute atomic E-state index is 5.71. The number of thiocarbonyl (C=S) groups is 2. The molecule has 2 fully saturated rings. The Labute approximate surface area is 139 Å². The fourth-order valence-electron chi connectivity index (χ4n) is 2.88. The predicted molar refractivity (Wildman–Crippen MR) is 96.6 cm³/mol. The molecule has 0 aromatic heterocycles. The van der Waals surface area contributed by atoms with Gasteiger partial charge in [0, 0.05) is 38.5 Å². The van der Waals surface area contributed by atoms with Gasteiger partial charge in [0.05, 0.1) is 0 Å². The summed E-state index contributed by atoms with van der Waals surface area (Å²) < 4.78 is 0. The van der Waals surface area contributed by atoms with E-state index in [9.17, 15) is 0 Å². The molecule has 0 aromatic carbocycles. The minimum absolute atomic E-state index is 0.780. The van der Waals surface area contributed by atoms with E-state index in [0.717, 1.165) is 48.7 Å². The first kappa shape index (κ1) is 16.3. The number of likely N-dealkylation sites (tertiary alicyclic amines) is 2. The average molecular weight is 332 g/mol. The van der Waals surface area contributed by atoms with Crippen molar-refractivity contribution < 1.29 is 0 Å². The van der Waals surface area contributed by atoms with Gasteiger partial charge >= 0.3 is 0 Å². The number of hydrogen-bond donors (Lipinski definition) is 1. The molecule has 2 aliphatic heterocycles. The lowest BCUT2D eigenvalue weighted by atomic mass is 10.1. The van der Waals surface area contributed by atoms with Gasteiger partial charge in [-0.15, -0.1) is 0 Å². The maximum Gasteiger partial charge on any atom is 0.177 e. The summed E-state index contributed by atoms with van der Waals surface area (Å²) in [4.78, 5) is 6.77. The Morgan fingerprint density at radius 3 is 1.55 bits per heavy atom. The zero-order chi connectivity index (χ0) is 14.4. The van der Waals surface area contributed by atoms with E-state index < -0.39 is 0 Å². The molecule has 3 nitrogen and oxygen atoms in total. The molecule has 2 heterocycles. The Kier molecular flexibility index (Phi) is 6.84. The average Bonchev–Trinajstić information content (AvgIpc) is 2.53. The van der Waals surface area contributed by atoms with Crippen molar-refractivity contribution in [2.24, 2.45) is 0 Å². The van der Waals surface area contributed by atoms with E-state index in [-0.39, 0.29) is 0 Å². The fraction of sp³-hybridized carbons (Fsp3) is 0.857. The summed E-state index contributed by atoms with van der Waals surface area (Å²) >= 11 is 15.8. The van der Waals surface area contributed by atoms with Crippen LogP contribution in [0.25, 0.3) is 0 Å². The van der Waals surface area contributed by atoms with Crippen LogP contribution in [-0.2, 0) is 0 Å². The van der Waals surface area contributed by atoms with Crippen LogP contribution < -0.4 is 0 Å². The van der Waals surface area contributed by atoms with Gasteiger partial charge in [-0.2, -0.15) is 12.6 Å². The lowest BCUT2D eigenvalue weighted by molar-refractivity contribution is 0.295. The first-order valence-corrected chi connectivity index (χ1v) is 9.15. The zero-order valence-corrected chi connectivity index (χ0v) is 14.6. The molecule has 0 N–H and O–H groups in total. The SMILES string of the molecule is S=C(N1CCCCC1)N(CCS)C(=S)N1CCCCC1. The molecule has 0 bridgehead atoms. The second-order valence-electron chi connectivity index (χ2n) is 5.54. The smallest absolute Gasteiger partial charge is 0.177 e. The third kappa shape index (κ3) is 4.21. The lowest BCUT2D eigenvalue weighted by Gasteiger charge is -2.40. The van der Waals surface area contributed by atoms with Crippen LogP contribution in [0, 0.1) is 0 Å². The van der Waals surface area contributed by atoms with Gasteiger partial charge < -0.3 is 9.80 Å². The second-order valence-corrected chi connectivity index (χ2v) is 6.71. The van der Waals surface area contributed by atoms with Gasteiger partial charge in [-0.1, -0.05) is 0 Å². The highest BCUT2D eigenvalue weighted by atomic mass is 32.1. The number of thiol groups is 1. The highest BCUT2D eigenvalue weighted by Gasteiger charge is 2.25. The van der Waals surface area contributed by atoms with Crippen LogP contribution in [0.1, 0.15) is 38.5 Å². The van der Waals surface area contributed by atoms with Crippen LogP contribution in [0.4, 0.5) is 0 Å². The third-order valence-electron chi connectivity index (χ3n) is 4.04. The van der Waals surface area contributed by atoms with Crippen molar-refractivity contribution >= 4 is 47.3 Å². The second kappa shape index (κ2) is 8.39. The predicted octanol–water partition coefficient (Wildman–Crippen LogP) is 2.76. The highest BCUT2D eigenvalue weighted by Crippen LogP contribution is 2.16. The van der Waals surface area contributed by atoms with Crippen molar-refractivity contribution in [1.29, 1.82) is 0 Å². The molecule has 0 radical (unpaired) electrons. The van der Waals surface area contributed by atoms with Crippen molar-refractivity contribution in [1.82, 2.24) is 14.7 Å². The summed E-state index contributed by atoms with van der Waals surface area (Å²) in [5, 5.41) is 1.82.